The molecule has 0 aliphatic carbocycles. The fraction of sp³-hybridized carbons (Fsp3) is 0.562. The van der Waals surface area contributed by atoms with Crippen LogP contribution in [-0.4, -0.2) is 44.1 Å². The van der Waals surface area contributed by atoms with Crippen LogP contribution in [0.3, 0.4) is 0 Å². The molecule has 1 aromatic carbocycles. The number of nitrogens with one attached hydrogen (secondary N) is 1. The molecule has 1 atom stereocenters. The first-order chi connectivity index (χ1) is 10.0. The van der Waals surface area contributed by atoms with Gasteiger partial charge in [-0.15, -0.1) is 12.4 Å². The largest absolute Gasteiger partial charge is 0.489 e. The number of amides is 1. The van der Waals surface area contributed by atoms with Gasteiger partial charge in [0.1, 0.15) is 6.61 Å². The number of carbonyl (C=O) groups is 1. The minimum Gasteiger partial charge on any atom is -0.489 e. The fourth-order valence-corrected chi connectivity index (χ4v) is 2.66. The lowest BCUT2D eigenvalue weighted by Gasteiger charge is -2.36. The number of ether oxygens (including phenoxy) is 1. The van der Waals surface area contributed by atoms with Gasteiger partial charge >= 0.3 is 0 Å². The SMILES string of the molecule is CN(CCOc1ccccc1F)C(=O)C1(C)CCCNC1.Cl. The molecule has 1 aromatic rings. The van der Waals surface area contributed by atoms with Crippen LogP contribution in [0.4, 0.5) is 4.39 Å². The van der Waals surface area contributed by atoms with Crippen molar-refractivity contribution in [2.45, 2.75) is 19.8 Å². The Morgan fingerprint density at radius 1 is 1.45 bits per heavy atom. The molecular weight excluding hydrogens is 307 g/mol. The highest BCUT2D eigenvalue weighted by atomic mass is 35.5. The first-order valence-corrected chi connectivity index (χ1v) is 7.36. The molecule has 0 spiro atoms. The molecule has 1 saturated heterocycles. The molecule has 1 aliphatic heterocycles. The van der Waals surface area contributed by atoms with Gasteiger partial charge in [-0.3, -0.25) is 4.79 Å². The highest BCUT2D eigenvalue weighted by molar-refractivity contribution is 5.85. The molecule has 1 amide bonds. The van der Waals surface area contributed by atoms with Gasteiger partial charge in [-0.1, -0.05) is 12.1 Å². The normalized spacial score (nSPS) is 20.9. The van der Waals surface area contributed by atoms with E-state index in [1.165, 1.54) is 6.07 Å². The molecule has 0 radical (unpaired) electrons. The monoisotopic (exact) mass is 330 g/mol. The second-order valence-electron chi connectivity index (χ2n) is 5.85. The Balaban J connectivity index is 0.00000242. The van der Waals surface area contributed by atoms with Crippen molar-refractivity contribution < 1.29 is 13.9 Å². The van der Waals surface area contributed by atoms with E-state index < -0.39 is 0 Å². The van der Waals surface area contributed by atoms with Crippen molar-refractivity contribution in [2.75, 3.05) is 33.3 Å². The van der Waals surface area contributed by atoms with Gasteiger partial charge in [0.25, 0.3) is 0 Å². The topological polar surface area (TPSA) is 41.6 Å². The maximum absolute atomic E-state index is 13.4. The summed E-state index contributed by atoms with van der Waals surface area (Å²) in [4.78, 5) is 14.2. The number of hydrogen-bond donors (Lipinski definition) is 1. The average Bonchev–Trinajstić information content (AvgIpc) is 2.49. The molecule has 0 aromatic heterocycles. The number of halogens is 2. The van der Waals surface area contributed by atoms with Crippen molar-refractivity contribution in [3.05, 3.63) is 30.1 Å². The summed E-state index contributed by atoms with van der Waals surface area (Å²) < 4.78 is 18.8. The third-order valence-corrected chi connectivity index (χ3v) is 3.98. The Kier molecular flexibility index (Phi) is 7.10. The zero-order valence-corrected chi connectivity index (χ0v) is 13.9. The van der Waals surface area contributed by atoms with Gasteiger partial charge in [0.15, 0.2) is 11.6 Å². The number of rotatable bonds is 5. The van der Waals surface area contributed by atoms with Crippen molar-refractivity contribution in [2.24, 2.45) is 5.41 Å². The second-order valence-corrected chi connectivity index (χ2v) is 5.85. The number of hydrogen-bond acceptors (Lipinski definition) is 3. The van der Waals surface area contributed by atoms with E-state index in [0.29, 0.717) is 13.1 Å². The van der Waals surface area contributed by atoms with Crippen LogP contribution in [0.5, 0.6) is 5.75 Å². The number of carbonyl (C=O) groups excluding carboxylic acids is 1. The number of piperidine rings is 1. The van der Waals surface area contributed by atoms with Crippen molar-refractivity contribution in [3.63, 3.8) is 0 Å². The van der Waals surface area contributed by atoms with Gasteiger partial charge in [0, 0.05) is 13.6 Å². The summed E-state index contributed by atoms with van der Waals surface area (Å²) in [6.45, 7) is 4.42. The summed E-state index contributed by atoms with van der Waals surface area (Å²) >= 11 is 0. The quantitative estimate of drug-likeness (QED) is 0.901. The van der Waals surface area contributed by atoms with E-state index in [9.17, 15) is 9.18 Å². The lowest BCUT2D eigenvalue weighted by atomic mass is 9.81. The maximum atomic E-state index is 13.4. The van der Waals surface area contributed by atoms with Gasteiger partial charge in [-0.25, -0.2) is 4.39 Å². The second kappa shape index (κ2) is 8.34. The van der Waals surface area contributed by atoms with Crippen LogP contribution < -0.4 is 10.1 Å². The molecule has 124 valence electrons. The Bertz CT molecular complexity index is 493. The van der Waals surface area contributed by atoms with E-state index >= 15 is 0 Å². The molecule has 1 fully saturated rings. The van der Waals surface area contributed by atoms with E-state index in [-0.39, 0.29) is 41.9 Å². The van der Waals surface area contributed by atoms with Crippen LogP contribution in [0.15, 0.2) is 24.3 Å². The maximum Gasteiger partial charge on any atom is 0.229 e. The third kappa shape index (κ3) is 4.58. The lowest BCUT2D eigenvalue weighted by Crippen LogP contribution is -2.49. The molecule has 0 bridgehead atoms. The molecule has 4 nitrogen and oxygen atoms in total. The Labute approximate surface area is 137 Å². The summed E-state index contributed by atoms with van der Waals surface area (Å²) in [6, 6.07) is 6.29. The zero-order valence-electron chi connectivity index (χ0n) is 13.1. The summed E-state index contributed by atoms with van der Waals surface area (Å²) in [5, 5.41) is 3.27. The van der Waals surface area contributed by atoms with Crippen LogP contribution in [0.2, 0.25) is 0 Å². The summed E-state index contributed by atoms with van der Waals surface area (Å²) in [7, 11) is 1.77. The first kappa shape index (κ1) is 18.7. The molecule has 1 unspecified atom stereocenters. The summed E-state index contributed by atoms with van der Waals surface area (Å²) in [5.41, 5.74) is -0.342. The molecule has 2 rings (SSSR count). The van der Waals surface area contributed by atoms with Crippen LogP contribution >= 0.6 is 12.4 Å². The zero-order chi connectivity index (χ0) is 15.3. The number of benzene rings is 1. The van der Waals surface area contributed by atoms with Gasteiger partial charge in [-0.05, 0) is 38.4 Å². The van der Waals surface area contributed by atoms with Gasteiger partial charge in [0.2, 0.25) is 5.91 Å². The van der Waals surface area contributed by atoms with E-state index in [1.54, 1.807) is 30.1 Å². The van der Waals surface area contributed by atoms with Crippen LogP contribution in [0.25, 0.3) is 0 Å². The van der Waals surface area contributed by atoms with Crippen molar-refractivity contribution in [1.29, 1.82) is 0 Å². The van der Waals surface area contributed by atoms with Crippen LogP contribution in [-0.2, 0) is 4.79 Å². The van der Waals surface area contributed by atoms with Crippen molar-refractivity contribution in [1.82, 2.24) is 10.2 Å². The van der Waals surface area contributed by atoms with Gasteiger partial charge in [-0.2, -0.15) is 0 Å². The van der Waals surface area contributed by atoms with Crippen molar-refractivity contribution in [3.8, 4) is 5.75 Å². The summed E-state index contributed by atoms with van der Waals surface area (Å²) in [6.07, 6.45) is 1.92. The lowest BCUT2D eigenvalue weighted by molar-refractivity contribution is -0.141. The van der Waals surface area contributed by atoms with Crippen LogP contribution in [0, 0.1) is 11.2 Å². The predicted octanol–water partition coefficient (Wildman–Crippen LogP) is 2.47. The average molecular weight is 331 g/mol. The standard InChI is InChI=1S/C16H23FN2O2.ClH/c1-16(8-5-9-18-12-16)15(20)19(2)10-11-21-14-7-4-3-6-13(14)17;/h3-4,6-7,18H,5,8-12H2,1-2H3;1H. The van der Waals surface area contributed by atoms with E-state index in [1.807, 2.05) is 6.92 Å². The number of nitrogens with zero attached hydrogens (tertiary/aromatic N) is 1. The van der Waals surface area contributed by atoms with E-state index in [0.717, 1.165) is 19.4 Å². The molecule has 6 heteroatoms. The molecule has 1 N–H and O–H groups in total. The minimum absolute atomic E-state index is 0. The van der Waals surface area contributed by atoms with Crippen molar-refractivity contribution >= 4 is 18.3 Å². The van der Waals surface area contributed by atoms with E-state index in [2.05, 4.69) is 5.32 Å². The van der Waals surface area contributed by atoms with E-state index in [4.69, 9.17) is 4.74 Å². The molecule has 1 aliphatic rings. The van der Waals surface area contributed by atoms with Gasteiger partial charge < -0.3 is 15.0 Å². The smallest absolute Gasteiger partial charge is 0.229 e. The molecule has 22 heavy (non-hydrogen) atoms. The van der Waals surface area contributed by atoms with Gasteiger partial charge in [0.05, 0.1) is 12.0 Å². The number of para-hydroxylation sites is 1. The third-order valence-electron chi connectivity index (χ3n) is 3.98. The first-order valence-electron chi connectivity index (χ1n) is 7.36. The predicted molar refractivity (Wildman–Crippen MR) is 87.0 cm³/mol. The highest BCUT2D eigenvalue weighted by Crippen LogP contribution is 2.27. The molecule has 0 saturated carbocycles. The number of likely N-dealkylation sites (N-methyl/N-ethyl adjacent to an activating group) is 1. The summed E-state index contributed by atoms with van der Waals surface area (Å²) in [5.74, 6) is -0.0364. The minimum atomic E-state index is -0.380. The van der Waals surface area contributed by atoms with Crippen LogP contribution in [0.1, 0.15) is 19.8 Å². The Morgan fingerprint density at radius 3 is 2.82 bits per heavy atom. The Morgan fingerprint density at radius 2 is 2.18 bits per heavy atom. The fourth-order valence-electron chi connectivity index (χ4n) is 2.66. The highest BCUT2D eigenvalue weighted by Gasteiger charge is 2.36. The molecule has 1 heterocycles. The molecular formula is C16H24ClFN2O2. The Hall–Kier alpha value is -1.33.